The molecule has 0 unspecified atom stereocenters. The molecule has 5 heteroatoms. The van der Waals surface area contributed by atoms with E-state index in [2.05, 4.69) is 43.4 Å². The first-order chi connectivity index (χ1) is 11.9. The van der Waals surface area contributed by atoms with E-state index in [1.54, 1.807) is 0 Å². The van der Waals surface area contributed by atoms with E-state index in [0.717, 1.165) is 11.1 Å². The van der Waals surface area contributed by atoms with Crippen LogP contribution in [-0.2, 0) is 11.3 Å². The quantitative estimate of drug-likeness (QED) is 0.849. The van der Waals surface area contributed by atoms with E-state index in [-0.39, 0.29) is 0 Å². The summed E-state index contributed by atoms with van der Waals surface area (Å²) < 4.78 is 0. The van der Waals surface area contributed by atoms with Gasteiger partial charge in [-0.1, -0.05) is 68.4 Å². The summed E-state index contributed by atoms with van der Waals surface area (Å²) in [6.07, 6.45) is 0. The molecule has 3 amide bonds. The lowest BCUT2D eigenvalue weighted by Gasteiger charge is -2.27. The molecule has 5 nitrogen and oxygen atoms in total. The van der Waals surface area contributed by atoms with Crippen molar-refractivity contribution in [1.82, 2.24) is 10.2 Å². The number of carbonyl (C=O) groups excluding carboxylic acids is 2. The van der Waals surface area contributed by atoms with Gasteiger partial charge in [-0.2, -0.15) is 0 Å². The maximum absolute atomic E-state index is 12.5. The summed E-state index contributed by atoms with van der Waals surface area (Å²) in [4.78, 5) is 25.5. The van der Waals surface area contributed by atoms with Crippen LogP contribution in [0.3, 0.4) is 0 Å². The number of hydrogen-bond donors (Lipinski definition) is 2. The monoisotopic (exact) mass is 339 g/mol. The minimum atomic E-state index is -0.847. The summed E-state index contributed by atoms with van der Waals surface area (Å²) in [5.41, 5.74) is 8.30. The highest BCUT2D eigenvalue weighted by Crippen LogP contribution is 2.22. The predicted octanol–water partition coefficient (Wildman–Crippen LogP) is 3.18. The second-order valence-corrected chi connectivity index (χ2v) is 6.48. The summed E-state index contributed by atoms with van der Waals surface area (Å²) in [6, 6.07) is 16.3. The predicted molar refractivity (Wildman–Crippen MR) is 98.9 cm³/mol. The van der Waals surface area contributed by atoms with Crippen LogP contribution in [0.15, 0.2) is 54.6 Å². The van der Waals surface area contributed by atoms with Gasteiger partial charge in [0.2, 0.25) is 5.91 Å². The van der Waals surface area contributed by atoms with Crippen molar-refractivity contribution in [2.45, 2.75) is 32.4 Å². The molecule has 0 bridgehead atoms. The van der Waals surface area contributed by atoms with E-state index in [9.17, 15) is 9.59 Å². The Balaban J connectivity index is 2.21. The molecule has 0 radical (unpaired) electrons. The number of nitrogens with one attached hydrogen (secondary N) is 1. The van der Waals surface area contributed by atoms with Gasteiger partial charge in [-0.15, -0.1) is 0 Å². The van der Waals surface area contributed by atoms with Gasteiger partial charge in [-0.3, -0.25) is 15.0 Å². The third-order valence-corrected chi connectivity index (χ3v) is 4.13. The van der Waals surface area contributed by atoms with Gasteiger partial charge in [-0.25, -0.2) is 4.79 Å². The molecule has 0 aromatic heterocycles. The SMILES string of the molecule is CC(C)c1ccc(CN(C)[C@H](C(=O)NC(N)=O)c2ccccc2)cc1. The Morgan fingerprint density at radius 3 is 2.12 bits per heavy atom. The van der Waals surface area contributed by atoms with Gasteiger partial charge in [0.15, 0.2) is 0 Å². The van der Waals surface area contributed by atoms with Crippen molar-refractivity contribution in [3.63, 3.8) is 0 Å². The molecule has 0 saturated carbocycles. The Morgan fingerprint density at radius 1 is 1.00 bits per heavy atom. The lowest BCUT2D eigenvalue weighted by Crippen LogP contribution is -2.43. The molecular formula is C20H25N3O2. The Hall–Kier alpha value is -2.66. The zero-order chi connectivity index (χ0) is 18.4. The number of benzene rings is 2. The maximum Gasteiger partial charge on any atom is 0.318 e. The van der Waals surface area contributed by atoms with Crippen molar-refractivity contribution in [1.29, 1.82) is 0 Å². The number of primary amides is 1. The molecule has 0 aliphatic carbocycles. The molecule has 2 aromatic carbocycles. The van der Waals surface area contributed by atoms with Crippen molar-refractivity contribution in [3.8, 4) is 0 Å². The topological polar surface area (TPSA) is 75.4 Å². The average Bonchev–Trinajstić information content (AvgIpc) is 2.55. The highest BCUT2D eigenvalue weighted by molar-refractivity contribution is 5.96. The Labute approximate surface area is 148 Å². The fourth-order valence-corrected chi connectivity index (χ4v) is 2.82. The first kappa shape index (κ1) is 18.7. The van der Waals surface area contributed by atoms with Crippen molar-refractivity contribution in [2.24, 2.45) is 5.73 Å². The van der Waals surface area contributed by atoms with Gasteiger partial charge in [0.1, 0.15) is 6.04 Å². The average molecular weight is 339 g/mol. The van der Waals surface area contributed by atoms with Gasteiger partial charge in [0, 0.05) is 6.54 Å². The van der Waals surface area contributed by atoms with Crippen molar-refractivity contribution in [3.05, 3.63) is 71.3 Å². The largest absolute Gasteiger partial charge is 0.351 e. The number of urea groups is 1. The molecule has 2 rings (SSSR count). The summed E-state index contributed by atoms with van der Waals surface area (Å²) in [5, 5.41) is 2.19. The van der Waals surface area contributed by atoms with Crippen LogP contribution in [0.1, 0.15) is 42.5 Å². The summed E-state index contributed by atoms with van der Waals surface area (Å²) in [6.45, 7) is 4.88. The number of nitrogens with zero attached hydrogens (tertiary/aromatic N) is 1. The number of imide groups is 1. The summed E-state index contributed by atoms with van der Waals surface area (Å²) in [7, 11) is 1.86. The first-order valence-corrected chi connectivity index (χ1v) is 8.32. The van der Waals surface area contributed by atoms with Gasteiger partial charge < -0.3 is 5.73 Å². The van der Waals surface area contributed by atoms with Gasteiger partial charge in [0.25, 0.3) is 0 Å². The normalized spacial score (nSPS) is 12.2. The maximum atomic E-state index is 12.5. The minimum Gasteiger partial charge on any atom is -0.351 e. The van der Waals surface area contributed by atoms with Gasteiger partial charge in [-0.05, 0) is 29.7 Å². The number of amides is 3. The van der Waals surface area contributed by atoms with E-state index in [0.29, 0.717) is 12.5 Å². The zero-order valence-electron chi connectivity index (χ0n) is 14.9. The molecule has 25 heavy (non-hydrogen) atoms. The molecular weight excluding hydrogens is 314 g/mol. The van der Waals surface area contributed by atoms with Crippen LogP contribution in [0.5, 0.6) is 0 Å². The lowest BCUT2D eigenvalue weighted by molar-refractivity contribution is -0.125. The van der Waals surface area contributed by atoms with Crippen LogP contribution >= 0.6 is 0 Å². The van der Waals surface area contributed by atoms with E-state index >= 15 is 0 Å². The number of hydrogen-bond acceptors (Lipinski definition) is 3. The summed E-state index contributed by atoms with van der Waals surface area (Å²) >= 11 is 0. The Bertz CT molecular complexity index is 711. The molecule has 3 N–H and O–H groups in total. The Morgan fingerprint density at radius 2 is 1.60 bits per heavy atom. The van der Waals surface area contributed by atoms with Crippen molar-refractivity contribution >= 4 is 11.9 Å². The third kappa shape index (κ3) is 5.16. The van der Waals surface area contributed by atoms with Crippen LogP contribution in [0.25, 0.3) is 0 Å². The van der Waals surface area contributed by atoms with E-state index < -0.39 is 18.0 Å². The van der Waals surface area contributed by atoms with Crippen molar-refractivity contribution in [2.75, 3.05) is 7.05 Å². The molecule has 1 atom stereocenters. The Kier molecular flexibility index (Phi) is 6.31. The van der Waals surface area contributed by atoms with E-state index in [4.69, 9.17) is 5.73 Å². The van der Waals surface area contributed by atoms with Crippen LogP contribution in [0.4, 0.5) is 4.79 Å². The highest BCUT2D eigenvalue weighted by atomic mass is 16.2. The van der Waals surface area contributed by atoms with E-state index in [1.807, 2.05) is 42.3 Å². The molecule has 0 spiro atoms. The van der Waals surface area contributed by atoms with Crippen LogP contribution in [0.2, 0.25) is 0 Å². The van der Waals surface area contributed by atoms with Gasteiger partial charge in [0.05, 0.1) is 0 Å². The van der Waals surface area contributed by atoms with Crippen molar-refractivity contribution < 1.29 is 9.59 Å². The highest BCUT2D eigenvalue weighted by Gasteiger charge is 2.26. The minimum absolute atomic E-state index is 0.431. The fourth-order valence-electron chi connectivity index (χ4n) is 2.82. The van der Waals surface area contributed by atoms with Crippen LogP contribution in [-0.4, -0.2) is 23.9 Å². The number of carbonyl (C=O) groups is 2. The van der Waals surface area contributed by atoms with Crippen LogP contribution < -0.4 is 11.1 Å². The van der Waals surface area contributed by atoms with Gasteiger partial charge >= 0.3 is 6.03 Å². The number of nitrogens with two attached hydrogens (primary N) is 1. The molecule has 2 aromatic rings. The third-order valence-electron chi connectivity index (χ3n) is 4.13. The first-order valence-electron chi connectivity index (χ1n) is 8.32. The standard InChI is InChI=1S/C20H25N3O2/c1-14(2)16-11-9-15(10-12-16)13-23(3)18(19(24)22-20(21)25)17-7-5-4-6-8-17/h4-12,14,18H,13H2,1-3H3,(H3,21,22,24,25)/t18-/m0/s1. The van der Waals surface area contributed by atoms with E-state index in [1.165, 1.54) is 5.56 Å². The molecule has 0 fully saturated rings. The molecule has 132 valence electrons. The lowest BCUT2D eigenvalue weighted by atomic mass is 10.0. The fraction of sp³-hybridized carbons (Fsp3) is 0.300. The summed E-state index contributed by atoms with van der Waals surface area (Å²) in [5.74, 6) is 0.0465. The number of likely N-dealkylation sites (N-methyl/N-ethyl adjacent to an activating group) is 1. The molecule has 0 aliphatic heterocycles. The smallest absolute Gasteiger partial charge is 0.318 e. The zero-order valence-corrected chi connectivity index (χ0v) is 14.9. The molecule has 0 aliphatic rings. The molecule has 0 saturated heterocycles. The number of rotatable bonds is 6. The van der Waals surface area contributed by atoms with Crippen LogP contribution in [0, 0.1) is 0 Å². The second-order valence-electron chi connectivity index (χ2n) is 6.48. The second kappa shape index (κ2) is 8.44. The molecule has 0 heterocycles.